The van der Waals surface area contributed by atoms with E-state index in [1.54, 1.807) is 17.0 Å². The Morgan fingerprint density at radius 2 is 2.19 bits per heavy atom. The summed E-state index contributed by atoms with van der Waals surface area (Å²) in [4.78, 5) is 13.6. The van der Waals surface area contributed by atoms with E-state index >= 15 is 0 Å². The molecule has 0 N–H and O–H groups in total. The fourth-order valence-corrected chi connectivity index (χ4v) is 1.35. The second kappa shape index (κ2) is 5.61. The number of carbonyl (C=O) groups is 1. The van der Waals surface area contributed by atoms with Crippen molar-refractivity contribution in [2.45, 2.75) is 13.8 Å². The van der Waals surface area contributed by atoms with Crippen LogP contribution in [0, 0.1) is 0 Å². The van der Waals surface area contributed by atoms with E-state index in [1.807, 2.05) is 13.8 Å². The Kier molecular flexibility index (Phi) is 4.43. The summed E-state index contributed by atoms with van der Waals surface area (Å²) in [6.07, 6.45) is 0. The molecule has 0 bridgehead atoms. The van der Waals surface area contributed by atoms with Gasteiger partial charge in [-0.3, -0.25) is 4.79 Å². The smallest absolute Gasteiger partial charge is 0.274 e. The molecule has 0 radical (unpaired) electrons. The predicted molar refractivity (Wildman–Crippen MR) is 63.4 cm³/mol. The average Bonchev–Trinajstić information content (AvgIpc) is 2.25. The number of nitrogens with zero attached hydrogens (tertiary/aromatic N) is 3. The normalized spacial score (nSPS) is 9.94. The van der Waals surface area contributed by atoms with Crippen LogP contribution in [0.15, 0.2) is 24.3 Å². The molecule has 4 nitrogen and oxygen atoms in total. The van der Waals surface area contributed by atoms with Gasteiger partial charge in [-0.05, 0) is 26.0 Å². The number of carbonyl (C=O) groups excluding carboxylic acids is 1. The molecule has 1 aromatic rings. The molecule has 0 aliphatic heterocycles. The maximum atomic E-state index is 12.0. The molecule has 0 fully saturated rings. The number of aromatic nitrogens is 2. The van der Waals surface area contributed by atoms with E-state index in [9.17, 15) is 4.79 Å². The van der Waals surface area contributed by atoms with E-state index in [0.29, 0.717) is 18.8 Å². The quantitative estimate of drug-likeness (QED) is 0.757. The van der Waals surface area contributed by atoms with Crippen molar-refractivity contribution in [3.8, 4) is 0 Å². The summed E-state index contributed by atoms with van der Waals surface area (Å²) in [5.74, 6) is -0.158. The van der Waals surface area contributed by atoms with Crippen molar-refractivity contribution in [3.63, 3.8) is 0 Å². The molecule has 1 aromatic heterocycles. The van der Waals surface area contributed by atoms with Gasteiger partial charge in [-0.1, -0.05) is 23.8 Å². The average molecular weight is 240 g/mol. The largest absolute Gasteiger partial charge is 0.334 e. The van der Waals surface area contributed by atoms with Crippen molar-refractivity contribution < 1.29 is 4.79 Å². The molecule has 5 heteroatoms. The number of halogens is 1. The van der Waals surface area contributed by atoms with Crippen molar-refractivity contribution in [1.82, 2.24) is 15.1 Å². The molecule has 0 unspecified atom stereocenters. The van der Waals surface area contributed by atoms with Crippen molar-refractivity contribution >= 4 is 17.5 Å². The predicted octanol–water partition coefficient (Wildman–Crippen LogP) is 2.17. The Hall–Kier alpha value is -1.42. The topological polar surface area (TPSA) is 46.1 Å². The molecule has 16 heavy (non-hydrogen) atoms. The van der Waals surface area contributed by atoms with Crippen LogP contribution in [0.2, 0.25) is 5.15 Å². The van der Waals surface area contributed by atoms with E-state index in [0.717, 1.165) is 5.57 Å². The van der Waals surface area contributed by atoms with Gasteiger partial charge in [0.1, 0.15) is 0 Å². The highest BCUT2D eigenvalue weighted by Crippen LogP contribution is 2.06. The van der Waals surface area contributed by atoms with E-state index in [1.165, 1.54) is 0 Å². The lowest BCUT2D eigenvalue weighted by molar-refractivity contribution is 0.0771. The van der Waals surface area contributed by atoms with Crippen LogP contribution >= 0.6 is 11.6 Å². The Morgan fingerprint density at radius 1 is 1.50 bits per heavy atom. The monoisotopic (exact) mass is 239 g/mol. The number of likely N-dealkylation sites (N-methyl/N-ethyl adjacent to an activating group) is 1. The molecule has 0 aromatic carbocycles. The zero-order valence-corrected chi connectivity index (χ0v) is 10.2. The molecule has 0 aliphatic rings. The number of amides is 1. The van der Waals surface area contributed by atoms with Gasteiger partial charge in [-0.25, -0.2) is 0 Å². The van der Waals surface area contributed by atoms with Gasteiger partial charge in [0, 0.05) is 13.1 Å². The summed E-state index contributed by atoms with van der Waals surface area (Å²) in [6, 6.07) is 3.12. The summed E-state index contributed by atoms with van der Waals surface area (Å²) < 4.78 is 0. The van der Waals surface area contributed by atoms with Gasteiger partial charge < -0.3 is 4.90 Å². The van der Waals surface area contributed by atoms with Crippen molar-refractivity contribution in [2.75, 3.05) is 13.1 Å². The first-order valence-electron chi connectivity index (χ1n) is 4.97. The minimum Gasteiger partial charge on any atom is -0.334 e. The van der Waals surface area contributed by atoms with Gasteiger partial charge in [0.05, 0.1) is 0 Å². The van der Waals surface area contributed by atoms with Crippen molar-refractivity contribution in [1.29, 1.82) is 0 Å². The van der Waals surface area contributed by atoms with Crippen LogP contribution in [0.25, 0.3) is 0 Å². The molecular weight excluding hydrogens is 226 g/mol. The summed E-state index contributed by atoms with van der Waals surface area (Å²) in [6.45, 7) is 8.70. The number of hydrogen-bond donors (Lipinski definition) is 0. The van der Waals surface area contributed by atoms with Crippen LogP contribution in [0.5, 0.6) is 0 Å². The summed E-state index contributed by atoms with van der Waals surface area (Å²) in [5, 5.41) is 7.67. The Balaban J connectivity index is 2.82. The van der Waals surface area contributed by atoms with E-state index in [-0.39, 0.29) is 11.1 Å². The van der Waals surface area contributed by atoms with E-state index in [2.05, 4.69) is 16.8 Å². The van der Waals surface area contributed by atoms with Gasteiger partial charge in [-0.2, -0.15) is 0 Å². The lowest BCUT2D eigenvalue weighted by Crippen LogP contribution is -2.32. The van der Waals surface area contributed by atoms with Crippen molar-refractivity contribution in [2.24, 2.45) is 0 Å². The summed E-state index contributed by atoms with van der Waals surface area (Å²) >= 11 is 5.60. The highest BCUT2D eigenvalue weighted by molar-refractivity contribution is 6.29. The second-order valence-corrected chi connectivity index (χ2v) is 3.90. The molecule has 0 spiro atoms. The maximum absolute atomic E-state index is 12.0. The van der Waals surface area contributed by atoms with Crippen molar-refractivity contribution in [3.05, 3.63) is 35.1 Å². The van der Waals surface area contributed by atoms with Gasteiger partial charge in [0.15, 0.2) is 10.8 Å². The highest BCUT2D eigenvalue weighted by atomic mass is 35.5. The molecule has 0 atom stereocenters. The molecule has 0 saturated heterocycles. The van der Waals surface area contributed by atoms with Crippen LogP contribution in [-0.4, -0.2) is 34.1 Å². The van der Waals surface area contributed by atoms with Crippen LogP contribution in [-0.2, 0) is 0 Å². The molecule has 1 rings (SSSR count). The first-order chi connectivity index (χ1) is 7.54. The van der Waals surface area contributed by atoms with Crippen LogP contribution in [0.4, 0.5) is 0 Å². The number of rotatable bonds is 4. The van der Waals surface area contributed by atoms with E-state index in [4.69, 9.17) is 11.6 Å². The minimum atomic E-state index is -0.158. The minimum absolute atomic E-state index is 0.158. The lowest BCUT2D eigenvalue weighted by Gasteiger charge is -2.20. The fraction of sp³-hybridized carbons (Fsp3) is 0.364. The van der Waals surface area contributed by atoms with Crippen LogP contribution in [0.1, 0.15) is 24.3 Å². The Labute approximate surface area is 99.9 Å². The first-order valence-corrected chi connectivity index (χ1v) is 5.35. The zero-order chi connectivity index (χ0) is 12.1. The zero-order valence-electron chi connectivity index (χ0n) is 9.40. The highest BCUT2D eigenvalue weighted by Gasteiger charge is 2.15. The Morgan fingerprint density at radius 3 is 2.62 bits per heavy atom. The van der Waals surface area contributed by atoms with E-state index < -0.39 is 0 Å². The molecule has 1 heterocycles. The first kappa shape index (κ1) is 12.6. The van der Waals surface area contributed by atoms with Gasteiger partial charge in [0.2, 0.25) is 0 Å². The molecule has 0 aliphatic carbocycles. The third-order valence-electron chi connectivity index (χ3n) is 1.98. The van der Waals surface area contributed by atoms with Crippen LogP contribution < -0.4 is 0 Å². The Bertz CT molecular complexity index is 389. The molecule has 0 saturated carbocycles. The van der Waals surface area contributed by atoms with Gasteiger partial charge >= 0.3 is 0 Å². The van der Waals surface area contributed by atoms with Gasteiger partial charge in [0.25, 0.3) is 5.91 Å². The summed E-state index contributed by atoms with van der Waals surface area (Å²) in [5.41, 5.74) is 1.23. The second-order valence-electron chi connectivity index (χ2n) is 3.52. The van der Waals surface area contributed by atoms with Crippen LogP contribution in [0.3, 0.4) is 0 Å². The third-order valence-corrected chi connectivity index (χ3v) is 2.18. The number of hydrogen-bond acceptors (Lipinski definition) is 3. The van der Waals surface area contributed by atoms with Gasteiger partial charge in [-0.15, -0.1) is 10.2 Å². The molecule has 86 valence electrons. The SMILES string of the molecule is C=C(C)CN(CC)C(=O)c1ccc(Cl)nn1. The third kappa shape index (κ3) is 3.31. The lowest BCUT2D eigenvalue weighted by atomic mass is 10.2. The standard InChI is InChI=1S/C11H14ClN3O/c1-4-15(7-8(2)3)11(16)9-5-6-10(12)14-13-9/h5-6H,2,4,7H2,1,3H3. The summed E-state index contributed by atoms with van der Waals surface area (Å²) in [7, 11) is 0. The maximum Gasteiger partial charge on any atom is 0.274 e. The molecular formula is C11H14ClN3O. The fourth-order valence-electron chi connectivity index (χ4n) is 1.25. The molecule has 1 amide bonds.